The van der Waals surface area contributed by atoms with Crippen LogP contribution in [0, 0.1) is 17.7 Å². The quantitative estimate of drug-likeness (QED) is 0.528. The molecule has 3 saturated carbocycles. The Bertz CT molecular complexity index is 1070. The Balaban J connectivity index is 1.22. The van der Waals surface area contributed by atoms with Gasteiger partial charge in [-0.15, -0.1) is 13.2 Å². The molecule has 2 N–H and O–H groups in total. The first-order valence-corrected chi connectivity index (χ1v) is 10.9. The van der Waals surface area contributed by atoms with Gasteiger partial charge in [-0.05, 0) is 55.0 Å². The van der Waals surface area contributed by atoms with Crippen molar-refractivity contribution in [1.82, 2.24) is 10.6 Å². The van der Waals surface area contributed by atoms with Gasteiger partial charge in [0.1, 0.15) is 17.3 Å². The Kier molecular flexibility index (Phi) is 6.62. The Hall–Kier alpha value is -3.01. The predicted octanol–water partition coefficient (Wildman–Crippen LogP) is 4.36. The SMILES string of the molecule is O=C(COc1ccc(Cl)c(F)c1)NC12CC(C1)[C@@H](C(=O)NCc1ccc(OC(F)(F)F)cc1)C2. The molecule has 0 aromatic heterocycles. The van der Waals surface area contributed by atoms with Crippen LogP contribution in [0.5, 0.6) is 11.5 Å². The summed E-state index contributed by atoms with van der Waals surface area (Å²) in [5, 5.41) is 5.70. The Morgan fingerprint density at radius 3 is 2.38 bits per heavy atom. The lowest BCUT2D eigenvalue weighted by Gasteiger charge is -2.39. The molecule has 2 aromatic carbocycles. The molecule has 3 fully saturated rings. The van der Waals surface area contributed by atoms with Crippen molar-refractivity contribution in [2.45, 2.75) is 37.7 Å². The van der Waals surface area contributed by atoms with E-state index in [1.807, 2.05) is 0 Å². The minimum Gasteiger partial charge on any atom is -0.484 e. The molecule has 2 aromatic rings. The molecule has 3 aliphatic carbocycles. The molecule has 0 heterocycles. The highest BCUT2D eigenvalue weighted by Crippen LogP contribution is 2.55. The molecular weight excluding hydrogens is 480 g/mol. The monoisotopic (exact) mass is 500 g/mol. The van der Waals surface area contributed by atoms with Crippen molar-refractivity contribution in [2.24, 2.45) is 11.8 Å². The molecule has 6 nitrogen and oxygen atoms in total. The van der Waals surface area contributed by atoms with Gasteiger partial charge in [0.05, 0.1) is 5.02 Å². The zero-order valence-corrected chi connectivity index (χ0v) is 18.5. The van der Waals surface area contributed by atoms with Crippen LogP contribution in [0.2, 0.25) is 5.02 Å². The summed E-state index contributed by atoms with van der Waals surface area (Å²) in [4.78, 5) is 25.0. The first-order valence-electron chi connectivity index (χ1n) is 10.5. The maximum Gasteiger partial charge on any atom is 0.573 e. The van der Waals surface area contributed by atoms with Crippen LogP contribution < -0.4 is 20.1 Å². The Labute approximate surface area is 197 Å². The molecule has 3 aliphatic rings. The number of hydrogen-bond acceptors (Lipinski definition) is 4. The first kappa shape index (κ1) is 24.1. The number of halogens is 5. The number of alkyl halides is 3. The lowest BCUT2D eigenvalue weighted by molar-refractivity contribution is -0.274. The van der Waals surface area contributed by atoms with Crippen molar-refractivity contribution in [3.05, 3.63) is 58.9 Å². The highest BCUT2D eigenvalue weighted by atomic mass is 35.5. The smallest absolute Gasteiger partial charge is 0.484 e. The highest BCUT2D eigenvalue weighted by molar-refractivity contribution is 6.30. The number of rotatable bonds is 8. The van der Waals surface area contributed by atoms with Crippen molar-refractivity contribution >= 4 is 23.4 Å². The third kappa shape index (κ3) is 5.72. The third-order valence-corrected chi connectivity index (χ3v) is 6.42. The van der Waals surface area contributed by atoms with Gasteiger partial charge in [0.15, 0.2) is 6.61 Å². The highest BCUT2D eigenvalue weighted by Gasteiger charge is 2.58. The lowest BCUT2D eigenvalue weighted by Crippen LogP contribution is -2.53. The van der Waals surface area contributed by atoms with Crippen LogP contribution >= 0.6 is 11.6 Å². The van der Waals surface area contributed by atoms with Gasteiger partial charge in [0.2, 0.25) is 5.91 Å². The van der Waals surface area contributed by atoms with E-state index < -0.39 is 17.7 Å². The largest absolute Gasteiger partial charge is 0.573 e. The lowest BCUT2D eigenvalue weighted by atomic mass is 9.76. The molecule has 2 amide bonds. The molecule has 0 spiro atoms. The summed E-state index contributed by atoms with van der Waals surface area (Å²) < 4.78 is 59.3. The summed E-state index contributed by atoms with van der Waals surface area (Å²) in [5.74, 6) is -1.44. The van der Waals surface area contributed by atoms with Crippen LogP contribution in [-0.2, 0) is 16.1 Å². The van der Waals surface area contributed by atoms with E-state index in [4.69, 9.17) is 16.3 Å². The van der Waals surface area contributed by atoms with Gasteiger partial charge in [-0.2, -0.15) is 0 Å². The summed E-state index contributed by atoms with van der Waals surface area (Å²) in [6.45, 7) is -0.127. The van der Waals surface area contributed by atoms with Gasteiger partial charge in [-0.3, -0.25) is 9.59 Å². The number of benzene rings is 2. The number of carbonyl (C=O) groups excluding carboxylic acids is 2. The van der Waals surface area contributed by atoms with Gasteiger partial charge in [-0.1, -0.05) is 23.7 Å². The normalized spacial score (nSPS) is 23.1. The molecule has 0 unspecified atom stereocenters. The Morgan fingerprint density at radius 2 is 1.74 bits per heavy atom. The minimum atomic E-state index is -4.76. The molecule has 0 saturated heterocycles. The van der Waals surface area contributed by atoms with E-state index in [-0.39, 0.29) is 53.3 Å². The van der Waals surface area contributed by atoms with E-state index >= 15 is 0 Å². The third-order valence-electron chi connectivity index (χ3n) is 6.11. The van der Waals surface area contributed by atoms with E-state index in [1.54, 1.807) is 0 Å². The van der Waals surface area contributed by atoms with Crippen molar-refractivity contribution in [1.29, 1.82) is 0 Å². The molecule has 0 aliphatic heterocycles. The van der Waals surface area contributed by atoms with Crippen LogP contribution in [0.25, 0.3) is 0 Å². The van der Waals surface area contributed by atoms with Gasteiger partial charge in [0, 0.05) is 24.1 Å². The second-order valence-electron chi connectivity index (χ2n) is 8.58. The second kappa shape index (κ2) is 9.32. The minimum absolute atomic E-state index is 0.0426. The van der Waals surface area contributed by atoms with Gasteiger partial charge >= 0.3 is 6.36 Å². The van der Waals surface area contributed by atoms with E-state index in [0.717, 1.165) is 6.07 Å². The molecular formula is C23H21ClF4N2O4. The van der Waals surface area contributed by atoms with E-state index in [0.29, 0.717) is 24.8 Å². The summed E-state index contributed by atoms with van der Waals surface area (Å²) in [6.07, 6.45) is -2.92. The topological polar surface area (TPSA) is 76.7 Å². The van der Waals surface area contributed by atoms with Gasteiger partial charge in [-0.25, -0.2) is 4.39 Å². The summed E-state index contributed by atoms with van der Waals surface area (Å²) in [6, 6.07) is 9.17. The maximum atomic E-state index is 13.5. The van der Waals surface area contributed by atoms with E-state index in [1.165, 1.54) is 36.4 Å². The van der Waals surface area contributed by atoms with Crippen molar-refractivity contribution in [3.8, 4) is 11.5 Å². The molecule has 5 rings (SSSR count). The fraction of sp³-hybridized carbons (Fsp3) is 0.391. The van der Waals surface area contributed by atoms with Crippen molar-refractivity contribution < 1.29 is 36.6 Å². The number of hydrogen-bond donors (Lipinski definition) is 2. The number of fused-ring (bicyclic) bond motifs is 1. The molecule has 0 radical (unpaired) electrons. The van der Waals surface area contributed by atoms with E-state index in [2.05, 4.69) is 15.4 Å². The van der Waals surface area contributed by atoms with Crippen molar-refractivity contribution in [2.75, 3.05) is 6.61 Å². The zero-order chi connectivity index (χ0) is 24.5. The Morgan fingerprint density at radius 1 is 1.06 bits per heavy atom. The summed E-state index contributed by atoms with van der Waals surface area (Å²) >= 11 is 5.62. The van der Waals surface area contributed by atoms with Crippen LogP contribution in [-0.4, -0.2) is 30.3 Å². The second-order valence-corrected chi connectivity index (χ2v) is 8.99. The van der Waals surface area contributed by atoms with E-state index in [9.17, 15) is 27.2 Å². The molecule has 2 bridgehead atoms. The van der Waals surface area contributed by atoms with Crippen molar-refractivity contribution in [3.63, 3.8) is 0 Å². The van der Waals surface area contributed by atoms with Gasteiger partial charge in [0.25, 0.3) is 5.91 Å². The van der Waals surface area contributed by atoms with Crippen LogP contribution in [0.3, 0.4) is 0 Å². The summed E-state index contributed by atoms with van der Waals surface area (Å²) in [7, 11) is 0. The zero-order valence-electron chi connectivity index (χ0n) is 17.8. The van der Waals surface area contributed by atoms with Gasteiger partial charge < -0.3 is 20.1 Å². The first-order chi connectivity index (χ1) is 16.0. The average Bonchev–Trinajstić information content (AvgIpc) is 3.28. The van der Waals surface area contributed by atoms with Crippen LogP contribution in [0.4, 0.5) is 17.6 Å². The number of carbonyl (C=O) groups is 2. The molecule has 182 valence electrons. The molecule has 11 heteroatoms. The number of ether oxygens (including phenoxy) is 2. The van der Waals surface area contributed by atoms with Crippen LogP contribution in [0.15, 0.2) is 42.5 Å². The molecule has 1 atom stereocenters. The fourth-order valence-corrected chi connectivity index (χ4v) is 4.74. The average molecular weight is 501 g/mol. The van der Waals surface area contributed by atoms with Crippen LogP contribution in [0.1, 0.15) is 24.8 Å². The maximum absolute atomic E-state index is 13.5. The number of nitrogens with one attached hydrogen (secondary N) is 2. The molecule has 34 heavy (non-hydrogen) atoms. The summed E-state index contributed by atoms with van der Waals surface area (Å²) in [5.41, 5.74) is 0.168. The fourth-order valence-electron chi connectivity index (χ4n) is 4.62. The standard InChI is InChI=1S/C23H21ClF4N2O4/c24-18-6-5-16(7-19(18)25)33-12-20(31)30-22-8-14(9-22)17(10-22)21(32)29-11-13-1-3-15(4-2-13)34-23(26,27)28/h1-7,14,17H,8-12H2,(H,29,32)(H,30,31)/t14?,17-,22?/m0/s1. The number of amides is 2. The predicted molar refractivity (Wildman–Crippen MR) is 114 cm³/mol.